The van der Waals surface area contributed by atoms with E-state index in [2.05, 4.69) is 25.6 Å². The van der Waals surface area contributed by atoms with Gasteiger partial charge in [0.1, 0.15) is 18.5 Å². The fourth-order valence-electron chi connectivity index (χ4n) is 2.85. The Morgan fingerprint density at radius 2 is 2.12 bits per heavy atom. The van der Waals surface area contributed by atoms with E-state index < -0.39 is 0 Å². The van der Waals surface area contributed by atoms with E-state index >= 15 is 0 Å². The molecule has 2 heterocycles. The average Bonchev–Trinajstić information content (AvgIpc) is 3.19. The molecule has 128 valence electrons. The van der Waals surface area contributed by atoms with E-state index in [9.17, 15) is 9.18 Å². The lowest BCUT2D eigenvalue weighted by molar-refractivity contribution is 0.247. The molecule has 0 unspecified atom stereocenters. The highest BCUT2D eigenvalue weighted by Crippen LogP contribution is 2.25. The van der Waals surface area contributed by atoms with Gasteiger partial charge in [-0.15, -0.1) is 0 Å². The summed E-state index contributed by atoms with van der Waals surface area (Å²) >= 11 is 0. The predicted molar refractivity (Wildman–Crippen MR) is 89.5 cm³/mol. The summed E-state index contributed by atoms with van der Waals surface area (Å²) in [7, 11) is 0. The molecule has 0 bridgehead atoms. The van der Waals surface area contributed by atoms with Crippen molar-refractivity contribution in [2.75, 3.05) is 23.3 Å². The van der Waals surface area contributed by atoms with Gasteiger partial charge in [-0.05, 0) is 38.0 Å². The van der Waals surface area contributed by atoms with Crippen molar-refractivity contribution >= 4 is 17.4 Å². The molecule has 3 rings (SSSR count). The minimum Gasteiger partial charge on any atom is -0.371 e. The molecule has 1 aliphatic rings. The predicted octanol–water partition coefficient (Wildman–Crippen LogP) is 2.23. The third-order valence-corrected chi connectivity index (χ3v) is 3.92. The van der Waals surface area contributed by atoms with Gasteiger partial charge < -0.3 is 15.5 Å². The van der Waals surface area contributed by atoms with Crippen molar-refractivity contribution in [3.8, 4) is 0 Å². The molecule has 0 saturated carbocycles. The van der Waals surface area contributed by atoms with Crippen LogP contribution in [0.2, 0.25) is 0 Å². The number of aromatic nitrogens is 3. The molecule has 0 radical (unpaired) electrons. The van der Waals surface area contributed by atoms with Gasteiger partial charge in [-0.3, -0.25) is 4.68 Å². The Hall–Kier alpha value is -2.64. The van der Waals surface area contributed by atoms with Crippen molar-refractivity contribution in [1.29, 1.82) is 0 Å². The zero-order valence-electron chi connectivity index (χ0n) is 13.6. The Kier molecular flexibility index (Phi) is 4.93. The van der Waals surface area contributed by atoms with Crippen molar-refractivity contribution in [3.63, 3.8) is 0 Å². The van der Waals surface area contributed by atoms with E-state index in [1.54, 1.807) is 17.1 Å². The number of nitrogens with one attached hydrogen (secondary N) is 2. The van der Waals surface area contributed by atoms with Crippen LogP contribution >= 0.6 is 0 Å². The Morgan fingerprint density at radius 3 is 2.83 bits per heavy atom. The number of urea groups is 1. The maximum absolute atomic E-state index is 13.8. The van der Waals surface area contributed by atoms with Crippen molar-refractivity contribution in [2.45, 2.75) is 32.4 Å². The lowest BCUT2D eigenvalue weighted by Crippen LogP contribution is -2.38. The van der Waals surface area contributed by atoms with Crippen LogP contribution in [0.5, 0.6) is 0 Å². The maximum atomic E-state index is 13.8. The van der Waals surface area contributed by atoms with Crippen molar-refractivity contribution in [3.05, 3.63) is 36.7 Å². The Labute approximate surface area is 139 Å². The molecule has 0 aliphatic carbocycles. The van der Waals surface area contributed by atoms with E-state index in [0.29, 0.717) is 12.2 Å². The van der Waals surface area contributed by atoms with Crippen LogP contribution in [-0.4, -0.2) is 39.9 Å². The van der Waals surface area contributed by atoms with E-state index in [-0.39, 0.29) is 17.9 Å². The molecule has 2 aromatic rings. The molecule has 2 N–H and O–H groups in total. The third kappa shape index (κ3) is 4.21. The number of amides is 2. The van der Waals surface area contributed by atoms with Crippen LogP contribution in [0, 0.1) is 5.82 Å². The lowest BCUT2D eigenvalue weighted by Gasteiger charge is -2.19. The molecule has 2 amide bonds. The van der Waals surface area contributed by atoms with Gasteiger partial charge in [-0.2, -0.15) is 5.10 Å². The monoisotopic (exact) mass is 332 g/mol. The number of halogens is 1. The molecular formula is C16H21FN6O. The second-order valence-corrected chi connectivity index (χ2v) is 6.01. The standard InChI is InChI=1S/C16H21FN6O/c1-12(9-23-11-18-10-19-23)20-16(24)21-14-6-13(17)7-15(8-14)22-4-2-3-5-22/h6-8,10-12H,2-5,9H2,1H3,(H2,20,21,24)/t12-/m0/s1. The fraction of sp³-hybridized carbons (Fsp3) is 0.438. The molecule has 1 aromatic heterocycles. The van der Waals surface area contributed by atoms with Crippen LogP contribution in [0.3, 0.4) is 0 Å². The first-order valence-electron chi connectivity index (χ1n) is 8.05. The normalized spacial score (nSPS) is 15.3. The Morgan fingerprint density at radius 1 is 1.33 bits per heavy atom. The second kappa shape index (κ2) is 7.29. The molecule has 1 saturated heterocycles. The molecule has 1 atom stereocenters. The number of nitrogens with zero attached hydrogens (tertiary/aromatic N) is 4. The summed E-state index contributed by atoms with van der Waals surface area (Å²) in [4.78, 5) is 18.1. The number of hydrogen-bond acceptors (Lipinski definition) is 4. The molecule has 8 heteroatoms. The van der Waals surface area contributed by atoms with Crippen LogP contribution in [0.15, 0.2) is 30.9 Å². The zero-order chi connectivity index (χ0) is 16.9. The number of benzene rings is 1. The quantitative estimate of drug-likeness (QED) is 0.880. The van der Waals surface area contributed by atoms with Gasteiger partial charge >= 0.3 is 6.03 Å². The molecule has 1 aliphatic heterocycles. The molecule has 1 fully saturated rings. The second-order valence-electron chi connectivity index (χ2n) is 6.01. The first kappa shape index (κ1) is 16.2. The van der Waals surface area contributed by atoms with Crippen LogP contribution in [0.25, 0.3) is 0 Å². The first-order chi connectivity index (χ1) is 11.6. The number of carbonyl (C=O) groups excluding carboxylic acids is 1. The first-order valence-corrected chi connectivity index (χ1v) is 8.05. The van der Waals surface area contributed by atoms with Crippen LogP contribution in [0.1, 0.15) is 19.8 Å². The summed E-state index contributed by atoms with van der Waals surface area (Å²) in [6, 6.07) is 4.11. The zero-order valence-corrected chi connectivity index (χ0v) is 13.6. The summed E-state index contributed by atoms with van der Waals surface area (Å²) < 4.78 is 15.5. The Bertz CT molecular complexity index is 684. The van der Waals surface area contributed by atoms with Gasteiger partial charge in [0.05, 0.1) is 6.54 Å². The van der Waals surface area contributed by atoms with Gasteiger partial charge in [0.2, 0.25) is 0 Å². The van der Waals surface area contributed by atoms with Gasteiger partial charge in [0.25, 0.3) is 0 Å². The molecule has 24 heavy (non-hydrogen) atoms. The largest absolute Gasteiger partial charge is 0.371 e. The van der Waals surface area contributed by atoms with Crippen LogP contribution < -0.4 is 15.5 Å². The van der Waals surface area contributed by atoms with E-state index in [0.717, 1.165) is 31.6 Å². The average molecular weight is 332 g/mol. The SMILES string of the molecule is C[C@@H](Cn1cncn1)NC(=O)Nc1cc(F)cc(N2CCCC2)c1. The number of carbonyl (C=O) groups is 1. The van der Waals surface area contributed by atoms with Gasteiger partial charge in [-0.1, -0.05) is 0 Å². The van der Waals surface area contributed by atoms with Crippen LogP contribution in [-0.2, 0) is 6.54 Å². The lowest BCUT2D eigenvalue weighted by atomic mass is 10.2. The molecule has 0 spiro atoms. The minimum absolute atomic E-state index is 0.140. The topological polar surface area (TPSA) is 75.1 Å². The molecule has 1 aromatic carbocycles. The van der Waals surface area contributed by atoms with Gasteiger partial charge in [0.15, 0.2) is 0 Å². The number of rotatable bonds is 5. The molecular weight excluding hydrogens is 311 g/mol. The Balaban J connectivity index is 1.59. The van der Waals surface area contributed by atoms with E-state index in [4.69, 9.17) is 0 Å². The highest BCUT2D eigenvalue weighted by Gasteiger charge is 2.15. The summed E-state index contributed by atoms with van der Waals surface area (Å²) in [6.45, 7) is 4.21. The van der Waals surface area contributed by atoms with Gasteiger partial charge in [0, 0.05) is 30.5 Å². The maximum Gasteiger partial charge on any atom is 0.319 e. The third-order valence-electron chi connectivity index (χ3n) is 3.92. The highest BCUT2D eigenvalue weighted by molar-refractivity contribution is 5.90. The number of hydrogen-bond donors (Lipinski definition) is 2. The van der Waals surface area contributed by atoms with E-state index in [1.165, 1.54) is 18.5 Å². The smallest absolute Gasteiger partial charge is 0.319 e. The fourth-order valence-corrected chi connectivity index (χ4v) is 2.85. The summed E-state index contributed by atoms with van der Waals surface area (Å²) in [5, 5.41) is 9.49. The minimum atomic E-state index is -0.374. The van der Waals surface area contributed by atoms with Crippen molar-refractivity contribution in [2.24, 2.45) is 0 Å². The molecule has 7 nitrogen and oxygen atoms in total. The number of anilines is 2. The van der Waals surface area contributed by atoms with Gasteiger partial charge in [-0.25, -0.2) is 14.2 Å². The van der Waals surface area contributed by atoms with E-state index in [1.807, 2.05) is 6.92 Å². The summed E-state index contributed by atoms with van der Waals surface area (Å²) in [5.74, 6) is -0.356. The van der Waals surface area contributed by atoms with Crippen LogP contribution in [0.4, 0.5) is 20.6 Å². The summed E-state index contributed by atoms with van der Waals surface area (Å²) in [5.41, 5.74) is 1.25. The summed E-state index contributed by atoms with van der Waals surface area (Å²) in [6.07, 6.45) is 5.25. The highest BCUT2D eigenvalue weighted by atomic mass is 19.1. The van der Waals surface area contributed by atoms with Crippen molar-refractivity contribution < 1.29 is 9.18 Å². The van der Waals surface area contributed by atoms with Crippen molar-refractivity contribution in [1.82, 2.24) is 20.1 Å².